The highest BCUT2D eigenvalue weighted by molar-refractivity contribution is 6.11. The molecule has 1 aliphatic heterocycles. The average Bonchev–Trinajstić information content (AvgIpc) is 3.29. The molecule has 10 aromatic carbocycles. The number of hydrogen-bond acceptors (Lipinski definition) is 2. The lowest BCUT2D eigenvalue weighted by atomic mass is 9.72. The number of hydrogen-bond donors (Lipinski definition) is 0. The van der Waals surface area contributed by atoms with Crippen molar-refractivity contribution < 1.29 is 0 Å². The first kappa shape index (κ1) is 34.8. The predicted octanol–water partition coefficient (Wildman–Crippen LogP) is 16.1. The minimum absolute atomic E-state index is 0.359. The molecule has 1 heterocycles. The Labute approximate surface area is 345 Å². The van der Waals surface area contributed by atoms with Gasteiger partial charge in [0.05, 0.1) is 22.7 Å². The smallest absolute Gasteiger partial charge is 0.0618 e. The fourth-order valence-corrected chi connectivity index (χ4v) is 9.59. The van der Waals surface area contributed by atoms with Crippen molar-refractivity contribution in [3.05, 3.63) is 230 Å². The van der Waals surface area contributed by atoms with Crippen LogP contribution in [-0.2, 0) is 5.41 Å². The standard InChI is InChI=1S/C57H42N2/c1-57(2)51-26-12-13-27-52(51)59(56-48-24-11-9-20-43(48)33-37-50(56)49-25-14-22-42-19-8-10-23-47(42)49)54-29-15-28-53(55(54)57)58(46-36-32-40-18-6-7-21-44(40)38-46)45-34-30-41(31-35-45)39-16-4-3-5-17-39/h3-38H,1-2H3. The Morgan fingerprint density at radius 2 is 0.966 bits per heavy atom. The Balaban J connectivity index is 1.20. The van der Waals surface area contributed by atoms with Crippen LogP contribution in [0.5, 0.6) is 0 Å². The van der Waals surface area contributed by atoms with Gasteiger partial charge in [0, 0.05) is 33.3 Å². The van der Waals surface area contributed by atoms with Crippen LogP contribution in [0.2, 0.25) is 0 Å². The van der Waals surface area contributed by atoms with Crippen molar-refractivity contribution in [3.8, 4) is 22.3 Å². The van der Waals surface area contributed by atoms with E-state index in [1.54, 1.807) is 0 Å². The maximum absolute atomic E-state index is 2.57. The minimum Gasteiger partial charge on any atom is -0.310 e. The molecule has 0 N–H and O–H groups in total. The average molecular weight is 755 g/mol. The van der Waals surface area contributed by atoms with E-state index in [1.807, 2.05) is 0 Å². The van der Waals surface area contributed by atoms with E-state index in [2.05, 4.69) is 242 Å². The van der Waals surface area contributed by atoms with Gasteiger partial charge in [-0.05, 0) is 91.6 Å². The molecule has 0 aromatic heterocycles. The monoisotopic (exact) mass is 754 g/mol. The Hall–Kier alpha value is -7.42. The molecular weight excluding hydrogens is 713 g/mol. The van der Waals surface area contributed by atoms with Crippen LogP contribution in [-0.4, -0.2) is 0 Å². The zero-order valence-corrected chi connectivity index (χ0v) is 33.2. The third-order valence-electron chi connectivity index (χ3n) is 12.4. The molecule has 10 aromatic rings. The van der Waals surface area contributed by atoms with Crippen molar-refractivity contribution in [3.63, 3.8) is 0 Å². The highest BCUT2D eigenvalue weighted by Gasteiger charge is 2.41. The minimum atomic E-state index is -0.359. The van der Waals surface area contributed by atoms with Crippen LogP contribution < -0.4 is 9.80 Å². The first-order valence-electron chi connectivity index (χ1n) is 20.5. The molecule has 0 spiro atoms. The lowest BCUT2D eigenvalue weighted by Gasteiger charge is -2.45. The topological polar surface area (TPSA) is 6.48 Å². The molecule has 11 rings (SSSR count). The number of nitrogens with zero attached hydrogens (tertiary/aromatic N) is 2. The first-order chi connectivity index (χ1) is 29.0. The molecule has 1 aliphatic rings. The van der Waals surface area contributed by atoms with E-state index >= 15 is 0 Å². The van der Waals surface area contributed by atoms with Gasteiger partial charge in [0.25, 0.3) is 0 Å². The molecule has 0 amide bonds. The van der Waals surface area contributed by atoms with Crippen LogP contribution in [0, 0.1) is 0 Å². The van der Waals surface area contributed by atoms with Crippen molar-refractivity contribution >= 4 is 66.4 Å². The normalized spacial score (nSPS) is 13.0. The molecule has 0 aliphatic carbocycles. The van der Waals surface area contributed by atoms with Gasteiger partial charge in [-0.1, -0.05) is 190 Å². The highest BCUT2D eigenvalue weighted by Crippen LogP contribution is 2.58. The van der Waals surface area contributed by atoms with E-state index in [9.17, 15) is 0 Å². The number of rotatable bonds is 6. The maximum atomic E-state index is 2.57. The quantitative estimate of drug-likeness (QED) is 0.167. The van der Waals surface area contributed by atoms with Gasteiger partial charge in [-0.25, -0.2) is 0 Å². The molecule has 2 heteroatoms. The fraction of sp³-hybridized carbons (Fsp3) is 0.0526. The molecule has 0 radical (unpaired) electrons. The van der Waals surface area contributed by atoms with Crippen molar-refractivity contribution in [1.82, 2.24) is 0 Å². The molecule has 0 saturated heterocycles. The van der Waals surface area contributed by atoms with Gasteiger partial charge in [0.15, 0.2) is 0 Å². The second kappa shape index (κ2) is 13.9. The molecule has 0 unspecified atom stereocenters. The van der Waals surface area contributed by atoms with Gasteiger partial charge in [-0.2, -0.15) is 0 Å². The summed E-state index contributed by atoms with van der Waals surface area (Å²) in [5.41, 5.74) is 14.0. The fourth-order valence-electron chi connectivity index (χ4n) is 9.59. The third-order valence-corrected chi connectivity index (χ3v) is 12.4. The van der Waals surface area contributed by atoms with Gasteiger partial charge in [-0.15, -0.1) is 0 Å². The van der Waals surface area contributed by atoms with Crippen molar-refractivity contribution in [2.24, 2.45) is 0 Å². The van der Waals surface area contributed by atoms with E-state index in [0.717, 1.165) is 17.1 Å². The number of anilines is 6. The molecular formula is C57H42N2. The summed E-state index contributed by atoms with van der Waals surface area (Å²) in [6.45, 7) is 4.80. The summed E-state index contributed by atoms with van der Waals surface area (Å²) in [5, 5.41) is 7.34. The SMILES string of the molecule is CC1(C)c2ccccc2N(c2c(-c3cccc4ccccc34)ccc3ccccc23)c2cccc(N(c3ccc(-c4ccccc4)cc3)c3ccc4ccccc4c3)c21. The van der Waals surface area contributed by atoms with Gasteiger partial charge < -0.3 is 9.80 Å². The molecule has 59 heavy (non-hydrogen) atoms. The van der Waals surface area contributed by atoms with E-state index in [-0.39, 0.29) is 5.41 Å². The summed E-state index contributed by atoms with van der Waals surface area (Å²) in [5.74, 6) is 0. The van der Waals surface area contributed by atoms with Crippen LogP contribution >= 0.6 is 0 Å². The Bertz CT molecular complexity index is 3190. The summed E-state index contributed by atoms with van der Waals surface area (Å²) in [6, 6.07) is 80.1. The van der Waals surface area contributed by atoms with E-state index in [0.29, 0.717) is 0 Å². The van der Waals surface area contributed by atoms with Crippen LogP contribution in [0.4, 0.5) is 34.1 Å². The molecule has 0 bridgehead atoms. The van der Waals surface area contributed by atoms with E-state index < -0.39 is 0 Å². The van der Waals surface area contributed by atoms with Crippen molar-refractivity contribution in [2.75, 3.05) is 9.80 Å². The molecule has 280 valence electrons. The molecule has 0 fully saturated rings. The van der Waals surface area contributed by atoms with Crippen LogP contribution in [0.3, 0.4) is 0 Å². The third kappa shape index (κ3) is 5.71. The van der Waals surface area contributed by atoms with Crippen molar-refractivity contribution in [1.29, 1.82) is 0 Å². The molecule has 0 atom stereocenters. The number of benzene rings is 10. The molecule has 2 nitrogen and oxygen atoms in total. The second-order valence-electron chi connectivity index (χ2n) is 16.1. The number of fused-ring (bicyclic) bond motifs is 5. The zero-order chi connectivity index (χ0) is 39.5. The van der Waals surface area contributed by atoms with Crippen LogP contribution in [0.15, 0.2) is 218 Å². The first-order valence-corrected chi connectivity index (χ1v) is 20.5. The van der Waals surface area contributed by atoms with Gasteiger partial charge in [0.1, 0.15) is 0 Å². The number of para-hydroxylation sites is 1. The zero-order valence-electron chi connectivity index (χ0n) is 33.2. The van der Waals surface area contributed by atoms with Gasteiger partial charge >= 0.3 is 0 Å². The summed E-state index contributed by atoms with van der Waals surface area (Å²) in [7, 11) is 0. The van der Waals surface area contributed by atoms with Crippen LogP contribution in [0.25, 0.3) is 54.6 Å². The Morgan fingerprint density at radius 3 is 1.78 bits per heavy atom. The summed E-state index contributed by atoms with van der Waals surface area (Å²) in [6.07, 6.45) is 0. The van der Waals surface area contributed by atoms with E-state index in [4.69, 9.17) is 0 Å². The molecule has 0 saturated carbocycles. The largest absolute Gasteiger partial charge is 0.310 e. The highest BCUT2D eigenvalue weighted by atomic mass is 15.2. The van der Waals surface area contributed by atoms with E-state index in [1.165, 1.54) is 82.8 Å². The lowest BCUT2D eigenvalue weighted by Crippen LogP contribution is -2.32. The van der Waals surface area contributed by atoms with Crippen molar-refractivity contribution in [2.45, 2.75) is 19.3 Å². The van der Waals surface area contributed by atoms with Gasteiger partial charge in [-0.3, -0.25) is 0 Å². The second-order valence-corrected chi connectivity index (χ2v) is 16.1. The summed E-state index contributed by atoms with van der Waals surface area (Å²) >= 11 is 0. The predicted molar refractivity (Wildman–Crippen MR) is 251 cm³/mol. The van der Waals surface area contributed by atoms with Crippen LogP contribution in [0.1, 0.15) is 25.0 Å². The summed E-state index contributed by atoms with van der Waals surface area (Å²) < 4.78 is 0. The van der Waals surface area contributed by atoms with Gasteiger partial charge in [0.2, 0.25) is 0 Å². The lowest BCUT2D eigenvalue weighted by molar-refractivity contribution is 0.632. The summed E-state index contributed by atoms with van der Waals surface area (Å²) in [4.78, 5) is 5.04. The Morgan fingerprint density at radius 1 is 0.390 bits per heavy atom. The maximum Gasteiger partial charge on any atom is 0.0618 e. The Kier molecular flexibility index (Phi) is 8.20.